The molecule has 1 aliphatic carbocycles. The molecule has 2 nitrogen and oxygen atoms in total. The molecule has 0 aliphatic heterocycles. The van der Waals surface area contributed by atoms with Gasteiger partial charge in [0.1, 0.15) is 0 Å². The van der Waals surface area contributed by atoms with Crippen LogP contribution in [0.2, 0.25) is 0 Å². The highest BCUT2D eigenvalue weighted by Crippen LogP contribution is 2.27. The van der Waals surface area contributed by atoms with Crippen molar-refractivity contribution in [3.8, 4) is 0 Å². The summed E-state index contributed by atoms with van der Waals surface area (Å²) in [7, 11) is 2.22. The fourth-order valence-corrected chi connectivity index (χ4v) is 2.92. The van der Waals surface area contributed by atoms with Crippen LogP contribution in [0.3, 0.4) is 0 Å². The second-order valence-corrected chi connectivity index (χ2v) is 6.09. The van der Waals surface area contributed by atoms with Crippen molar-refractivity contribution >= 4 is 0 Å². The summed E-state index contributed by atoms with van der Waals surface area (Å²) < 4.78 is 0. The molecule has 100 valence electrons. The molecule has 1 aliphatic rings. The van der Waals surface area contributed by atoms with E-state index in [-0.39, 0.29) is 0 Å². The van der Waals surface area contributed by atoms with Crippen molar-refractivity contribution in [2.45, 2.75) is 46.2 Å². The average molecular weight is 246 g/mol. The van der Waals surface area contributed by atoms with Crippen LogP contribution in [0, 0.1) is 26.7 Å². The Morgan fingerprint density at radius 2 is 1.83 bits per heavy atom. The molecule has 1 aromatic carbocycles. The maximum Gasteiger partial charge on any atom is 0.0233 e. The van der Waals surface area contributed by atoms with Crippen LogP contribution in [0.15, 0.2) is 12.1 Å². The average Bonchev–Trinajstić information content (AvgIpc) is 2.28. The zero-order chi connectivity index (χ0) is 13.3. The van der Waals surface area contributed by atoms with Gasteiger partial charge in [0.25, 0.3) is 0 Å². The number of rotatable bonds is 4. The van der Waals surface area contributed by atoms with Gasteiger partial charge >= 0.3 is 0 Å². The Hall–Kier alpha value is -0.860. The smallest absolute Gasteiger partial charge is 0.0233 e. The van der Waals surface area contributed by atoms with Crippen LogP contribution in [0.25, 0.3) is 0 Å². The lowest BCUT2D eigenvalue weighted by molar-refractivity contribution is 0.178. The Kier molecular flexibility index (Phi) is 4.08. The molecule has 2 heteroatoms. The van der Waals surface area contributed by atoms with Crippen LogP contribution >= 0.6 is 0 Å². The van der Waals surface area contributed by atoms with Gasteiger partial charge in [0.15, 0.2) is 0 Å². The Bertz CT molecular complexity index is 419. The lowest BCUT2D eigenvalue weighted by Gasteiger charge is -2.35. The second-order valence-electron chi connectivity index (χ2n) is 6.09. The summed E-state index contributed by atoms with van der Waals surface area (Å²) in [5.74, 6) is 0.817. The van der Waals surface area contributed by atoms with Crippen molar-refractivity contribution in [3.63, 3.8) is 0 Å². The van der Waals surface area contributed by atoms with Crippen LogP contribution in [0.1, 0.15) is 35.1 Å². The molecule has 0 unspecified atom stereocenters. The summed E-state index contributed by atoms with van der Waals surface area (Å²) in [5, 5.41) is 0. The van der Waals surface area contributed by atoms with Gasteiger partial charge in [-0.05, 0) is 68.8 Å². The molecule has 0 saturated heterocycles. The zero-order valence-electron chi connectivity index (χ0n) is 12.2. The number of nitrogens with zero attached hydrogens (tertiary/aromatic N) is 1. The van der Waals surface area contributed by atoms with Crippen LogP contribution < -0.4 is 5.73 Å². The van der Waals surface area contributed by atoms with Gasteiger partial charge in [-0.2, -0.15) is 0 Å². The lowest BCUT2D eigenvalue weighted by atomic mass is 9.80. The Labute approximate surface area is 111 Å². The lowest BCUT2D eigenvalue weighted by Crippen LogP contribution is -2.41. The van der Waals surface area contributed by atoms with Gasteiger partial charge in [-0.25, -0.2) is 0 Å². The fraction of sp³-hybridized carbons (Fsp3) is 0.625. The van der Waals surface area contributed by atoms with E-state index in [1.807, 2.05) is 0 Å². The molecule has 1 fully saturated rings. The molecule has 0 radical (unpaired) electrons. The van der Waals surface area contributed by atoms with E-state index in [4.69, 9.17) is 5.73 Å². The third kappa shape index (κ3) is 2.93. The van der Waals surface area contributed by atoms with Crippen molar-refractivity contribution in [1.82, 2.24) is 4.90 Å². The van der Waals surface area contributed by atoms with E-state index in [0.717, 1.165) is 12.5 Å². The third-order valence-electron chi connectivity index (χ3n) is 4.45. The highest BCUT2D eigenvalue weighted by Gasteiger charge is 2.26. The van der Waals surface area contributed by atoms with Crippen molar-refractivity contribution in [2.24, 2.45) is 11.7 Å². The third-order valence-corrected chi connectivity index (χ3v) is 4.45. The summed E-state index contributed by atoms with van der Waals surface area (Å²) in [6.45, 7) is 8.88. The van der Waals surface area contributed by atoms with Gasteiger partial charge < -0.3 is 10.6 Å². The highest BCUT2D eigenvalue weighted by atomic mass is 15.1. The van der Waals surface area contributed by atoms with Crippen molar-refractivity contribution in [1.29, 1.82) is 0 Å². The predicted octanol–water partition coefficient (Wildman–Crippen LogP) is 2.78. The Balaban J connectivity index is 1.94. The van der Waals surface area contributed by atoms with Crippen LogP contribution in [0.4, 0.5) is 0 Å². The fourth-order valence-electron chi connectivity index (χ4n) is 2.92. The maximum absolute atomic E-state index is 5.84. The topological polar surface area (TPSA) is 29.3 Å². The molecule has 1 saturated carbocycles. The van der Waals surface area contributed by atoms with Crippen LogP contribution in [-0.4, -0.2) is 24.5 Å². The second kappa shape index (κ2) is 5.41. The molecule has 0 atom stereocenters. The molecule has 2 rings (SSSR count). The van der Waals surface area contributed by atoms with E-state index < -0.39 is 0 Å². The van der Waals surface area contributed by atoms with Gasteiger partial charge in [0.2, 0.25) is 0 Å². The molecule has 0 heterocycles. The molecular weight excluding hydrogens is 220 g/mol. The highest BCUT2D eigenvalue weighted by molar-refractivity contribution is 5.38. The number of benzene rings is 1. The first-order chi connectivity index (χ1) is 8.47. The summed E-state index contributed by atoms with van der Waals surface area (Å²) in [4.78, 5) is 2.44. The van der Waals surface area contributed by atoms with Crippen molar-refractivity contribution in [2.75, 3.05) is 13.6 Å². The molecule has 0 aromatic heterocycles. The standard InChI is InChI=1S/C16H26N2/c1-11-5-6-15(13(3)12(11)2)10-18(4)9-14-7-16(17)8-14/h5-6,14,16H,7-10,17H2,1-4H3. The molecule has 2 N–H and O–H groups in total. The summed E-state index contributed by atoms with van der Waals surface area (Å²) in [6, 6.07) is 4.98. The number of nitrogens with two attached hydrogens (primary N) is 1. The minimum Gasteiger partial charge on any atom is -0.328 e. The predicted molar refractivity (Wildman–Crippen MR) is 77.7 cm³/mol. The monoisotopic (exact) mass is 246 g/mol. The van der Waals surface area contributed by atoms with Gasteiger partial charge in [-0.3, -0.25) is 0 Å². The molecule has 0 amide bonds. The molecular formula is C16H26N2. The first-order valence-electron chi connectivity index (χ1n) is 6.97. The largest absolute Gasteiger partial charge is 0.328 e. The van der Waals surface area contributed by atoms with E-state index in [0.29, 0.717) is 6.04 Å². The number of hydrogen-bond donors (Lipinski definition) is 1. The Morgan fingerprint density at radius 3 is 2.44 bits per heavy atom. The van der Waals surface area contributed by atoms with Crippen LogP contribution in [0.5, 0.6) is 0 Å². The number of aryl methyl sites for hydroxylation is 1. The maximum atomic E-state index is 5.84. The van der Waals surface area contributed by atoms with Crippen molar-refractivity contribution < 1.29 is 0 Å². The van der Waals surface area contributed by atoms with Crippen LogP contribution in [-0.2, 0) is 6.54 Å². The van der Waals surface area contributed by atoms with E-state index in [1.165, 1.54) is 41.6 Å². The van der Waals surface area contributed by atoms with Crippen molar-refractivity contribution in [3.05, 3.63) is 34.4 Å². The minimum atomic E-state index is 0.465. The molecule has 0 bridgehead atoms. The van der Waals surface area contributed by atoms with E-state index in [9.17, 15) is 0 Å². The molecule has 1 aromatic rings. The van der Waals surface area contributed by atoms with Gasteiger partial charge in [0.05, 0.1) is 0 Å². The van der Waals surface area contributed by atoms with E-state index >= 15 is 0 Å². The first-order valence-corrected chi connectivity index (χ1v) is 6.97. The normalized spacial score (nSPS) is 23.2. The van der Waals surface area contributed by atoms with E-state index in [2.05, 4.69) is 44.9 Å². The zero-order valence-corrected chi connectivity index (χ0v) is 12.2. The minimum absolute atomic E-state index is 0.465. The number of hydrogen-bond acceptors (Lipinski definition) is 2. The molecule has 0 spiro atoms. The van der Waals surface area contributed by atoms with Gasteiger partial charge in [-0.15, -0.1) is 0 Å². The van der Waals surface area contributed by atoms with E-state index in [1.54, 1.807) is 0 Å². The van der Waals surface area contributed by atoms with Gasteiger partial charge in [0, 0.05) is 19.1 Å². The summed E-state index contributed by atoms with van der Waals surface area (Å²) in [5.41, 5.74) is 11.6. The summed E-state index contributed by atoms with van der Waals surface area (Å²) in [6.07, 6.45) is 2.41. The quantitative estimate of drug-likeness (QED) is 0.885. The molecule has 18 heavy (non-hydrogen) atoms. The summed E-state index contributed by atoms with van der Waals surface area (Å²) >= 11 is 0. The first kappa shape index (κ1) is 13.6. The Morgan fingerprint density at radius 1 is 1.17 bits per heavy atom. The van der Waals surface area contributed by atoms with Gasteiger partial charge in [-0.1, -0.05) is 12.1 Å². The SMILES string of the molecule is Cc1ccc(CN(C)CC2CC(N)C2)c(C)c1C.